The maximum absolute atomic E-state index is 6.04. The van der Waals surface area contributed by atoms with Gasteiger partial charge in [-0.25, -0.2) is 4.98 Å². The minimum atomic E-state index is 0.217. The van der Waals surface area contributed by atoms with Gasteiger partial charge in [0.25, 0.3) is 0 Å². The second kappa shape index (κ2) is 5.01. The van der Waals surface area contributed by atoms with E-state index in [4.69, 9.17) is 10.5 Å². The van der Waals surface area contributed by atoms with Gasteiger partial charge < -0.3 is 15.4 Å². The number of nitrogen functional groups attached to an aromatic ring is 1. The smallest absolute Gasteiger partial charge is 0.226 e. The Balaban J connectivity index is 1.88. The van der Waals surface area contributed by atoms with E-state index in [1.54, 1.807) is 0 Å². The summed E-state index contributed by atoms with van der Waals surface area (Å²) in [6, 6.07) is 7.80. The summed E-state index contributed by atoms with van der Waals surface area (Å²) in [6.07, 6.45) is 2.26. The summed E-state index contributed by atoms with van der Waals surface area (Å²) in [5, 5.41) is 0.927. The maximum atomic E-state index is 6.04. The van der Waals surface area contributed by atoms with Crippen molar-refractivity contribution in [3.63, 3.8) is 0 Å². The minimum absolute atomic E-state index is 0.217. The molecule has 5 heteroatoms. The number of ether oxygens (including phenoxy) is 1. The molecule has 1 aromatic carbocycles. The van der Waals surface area contributed by atoms with E-state index >= 15 is 0 Å². The predicted octanol–water partition coefficient (Wildman–Crippen LogP) is 1.68. The second-order valence-corrected chi connectivity index (χ2v) is 5.02. The quantitative estimate of drug-likeness (QED) is 0.888. The van der Waals surface area contributed by atoms with Gasteiger partial charge in [-0.3, -0.25) is 0 Å². The van der Waals surface area contributed by atoms with Gasteiger partial charge in [-0.1, -0.05) is 12.1 Å². The first-order valence-electron chi connectivity index (χ1n) is 6.60. The van der Waals surface area contributed by atoms with Gasteiger partial charge in [0.15, 0.2) is 0 Å². The average Bonchev–Trinajstić information content (AvgIpc) is 2.41. The monoisotopic (exact) mass is 258 g/mol. The van der Waals surface area contributed by atoms with Crippen LogP contribution in [0.2, 0.25) is 0 Å². The van der Waals surface area contributed by atoms with Crippen LogP contribution in [0.5, 0.6) is 5.88 Å². The number of likely N-dealkylation sites (tertiary alicyclic amines) is 1. The van der Waals surface area contributed by atoms with Crippen LogP contribution >= 0.6 is 0 Å². The van der Waals surface area contributed by atoms with Gasteiger partial charge >= 0.3 is 0 Å². The molecule has 0 bridgehead atoms. The van der Waals surface area contributed by atoms with E-state index in [1.807, 2.05) is 24.3 Å². The Morgan fingerprint density at radius 2 is 1.95 bits per heavy atom. The van der Waals surface area contributed by atoms with Gasteiger partial charge in [0.05, 0.1) is 10.9 Å². The Labute approximate surface area is 112 Å². The van der Waals surface area contributed by atoms with Crippen LogP contribution in [0.4, 0.5) is 5.95 Å². The van der Waals surface area contributed by atoms with Crippen molar-refractivity contribution >= 4 is 16.9 Å². The molecule has 0 aliphatic carbocycles. The zero-order valence-electron chi connectivity index (χ0n) is 11.0. The van der Waals surface area contributed by atoms with Crippen LogP contribution in [0.15, 0.2) is 24.3 Å². The van der Waals surface area contributed by atoms with E-state index < -0.39 is 0 Å². The molecule has 0 atom stereocenters. The third kappa shape index (κ3) is 2.61. The van der Waals surface area contributed by atoms with E-state index in [2.05, 4.69) is 21.9 Å². The van der Waals surface area contributed by atoms with E-state index in [1.165, 1.54) is 0 Å². The van der Waals surface area contributed by atoms with Gasteiger partial charge in [0.1, 0.15) is 6.10 Å². The Hall–Kier alpha value is -1.88. The number of para-hydroxylation sites is 1. The fraction of sp³-hybridized carbons (Fsp3) is 0.429. The first-order chi connectivity index (χ1) is 9.22. The molecule has 1 aliphatic rings. The highest BCUT2D eigenvalue weighted by Gasteiger charge is 2.19. The van der Waals surface area contributed by atoms with Crippen molar-refractivity contribution in [1.29, 1.82) is 0 Å². The third-order valence-electron chi connectivity index (χ3n) is 3.53. The zero-order valence-corrected chi connectivity index (χ0v) is 11.0. The molecule has 19 heavy (non-hydrogen) atoms. The zero-order chi connectivity index (χ0) is 13.2. The standard InChI is InChI=1S/C14H18N4O/c1-18-8-6-10(7-9-18)19-13-11-4-2-3-5-12(11)16-14(15)17-13/h2-5,10H,6-9H2,1H3,(H2,15,16,17). The number of piperidine rings is 1. The molecule has 5 nitrogen and oxygen atoms in total. The van der Waals surface area contributed by atoms with Gasteiger partial charge in [-0.15, -0.1) is 0 Å². The van der Waals surface area contributed by atoms with E-state index in [-0.39, 0.29) is 12.1 Å². The van der Waals surface area contributed by atoms with Crippen LogP contribution in [0.1, 0.15) is 12.8 Å². The molecule has 2 heterocycles. The van der Waals surface area contributed by atoms with Crippen molar-refractivity contribution in [2.24, 2.45) is 0 Å². The molecule has 0 unspecified atom stereocenters. The highest BCUT2D eigenvalue weighted by Crippen LogP contribution is 2.25. The van der Waals surface area contributed by atoms with Gasteiger partial charge in [0, 0.05) is 13.1 Å². The molecule has 1 fully saturated rings. The number of anilines is 1. The Morgan fingerprint density at radius 3 is 2.74 bits per heavy atom. The summed E-state index contributed by atoms with van der Waals surface area (Å²) >= 11 is 0. The number of aromatic nitrogens is 2. The number of benzene rings is 1. The maximum Gasteiger partial charge on any atom is 0.226 e. The first kappa shape index (κ1) is 12.2. The van der Waals surface area contributed by atoms with E-state index in [0.29, 0.717) is 5.88 Å². The lowest BCUT2D eigenvalue weighted by atomic mass is 10.1. The van der Waals surface area contributed by atoms with Crippen LogP contribution in [0.3, 0.4) is 0 Å². The number of rotatable bonds is 2. The molecule has 0 spiro atoms. The highest BCUT2D eigenvalue weighted by molar-refractivity contribution is 5.84. The van der Waals surface area contributed by atoms with Crippen molar-refractivity contribution in [1.82, 2.24) is 14.9 Å². The lowest BCUT2D eigenvalue weighted by molar-refractivity contribution is 0.111. The highest BCUT2D eigenvalue weighted by atomic mass is 16.5. The van der Waals surface area contributed by atoms with Crippen molar-refractivity contribution in [2.45, 2.75) is 18.9 Å². The largest absolute Gasteiger partial charge is 0.474 e. The predicted molar refractivity (Wildman–Crippen MR) is 75.1 cm³/mol. The molecule has 2 N–H and O–H groups in total. The number of nitrogens with zero attached hydrogens (tertiary/aromatic N) is 3. The number of nitrogens with two attached hydrogens (primary N) is 1. The SMILES string of the molecule is CN1CCC(Oc2nc(N)nc3ccccc23)CC1. The fourth-order valence-electron chi connectivity index (χ4n) is 2.42. The molecule has 1 aliphatic heterocycles. The topological polar surface area (TPSA) is 64.3 Å². The molecule has 3 rings (SSSR count). The van der Waals surface area contributed by atoms with Crippen LogP contribution in [0.25, 0.3) is 10.9 Å². The molecule has 0 amide bonds. The van der Waals surface area contributed by atoms with Gasteiger partial charge in [-0.2, -0.15) is 4.98 Å². The van der Waals surface area contributed by atoms with Gasteiger partial charge in [-0.05, 0) is 32.0 Å². The number of hydrogen-bond acceptors (Lipinski definition) is 5. The summed E-state index contributed by atoms with van der Waals surface area (Å²) in [6.45, 7) is 2.12. The van der Waals surface area contributed by atoms with E-state index in [9.17, 15) is 0 Å². The molecule has 1 aromatic heterocycles. The number of hydrogen-bond donors (Lipinski definition) is 1. The Bertz CT molecular complexity index is 579. The van der Waals surface area contributed by atoms with E-state index in [0.717, 1.165) is 36.8 Å². The molecular formula is C14H18N4O. The molecule has 0 saturated carbocycles. The lowest BCUT2D eigenvalue weighted by Gasteiger charge is -2.29. The Kier molecular flexibility index (Phi) is 3.21. The summed E-state index contributed by atoms with van der Waals surface area (Å²) in [5.74, 6) is 0.874. The fourth-order valence-corrected chi connectivity index (χ4v) is 2.42. The molecule has 0 radical (unpaired) electrons. The normalized spacial score (nSPS) is 17.7. The van der Waals surface area contributed by atoms with Crippen molar-refractivity contribution in [3.05, 3.63) is 24.3 Å². The van der Waals surface area contributed by atoms with Gasteiger partial charge in [0.2, 0.25) is 11.8 Å². The van der Waals surface area contributed by atoms with Crippen molar-refractivity contribution in [2.75, 3.05) is 25.9 Å². The van der Waals surface area contributed by atoms with Crippen LogP contribution in [-0.2, 0) is 0 Å². The Morgan fingerprint density at radius 1 is 1.21 bits per heavy atom. The summed E-state index contributed by atoms with van der Waals surface area (Å²) in [4.78, 5) is 10.8. The lowest BCUT2D eigenvalue weighted by Crippen LogP contribution is -2.35. The van der Waals surface area contributed by atoms with Crippen molar-refractivity contribution in [3.8, 4) is 5.88 Å². The van der Waals surface area contributed by atoms with Crippen LogP contribution in [-0.4, -0.2) is 41.1 Å². The van der Waals surface area contributed by atoms with Crippen LogP contribution < -0.4 is 10.5 Å². The summed E-state index contributed by atoms with van der Waals surface area (Å²) in [7, 11) is 2.13. The minimum Gasteiger partial charge on any atom is -0.474 e. The third-order valence-corrected chi connectivity index (χ3v) is 3.53. The summed E-state index contributed by atoms with van der Waals surface area (Å²) in [5.41, 5.74) is 6.57. The number of fused-ring (bicyclic) bond motifs is 1. The van der Waals surface area contributed by atoms with Crippen molar-refractivity contribution < 1.29 is 4.74 Å². The second-order valence-electron chi connectivity index (χ2n) is 5.02. The van der Waals surface area contributed by atoms with Crippen LogP contribution in [0, 0.1) is 0 Å². The molecule has 2 aromatic rings. The molecular weight excluding hydrogens is 240 g/mol. The average molecular weight is 258 g/mol. The molecule has 1 saturated heterocycles. The molecule has 100 valence electrons. The first-order valence-corrected chi connectivity index (χ1v) is 6.60. The summed E-state index contributed by atoms with van der Waals surface area (Å²) < 4.78 is 6.04.